The fourth-order valence-electron chi connectivity index (χ4n) is 2.96. The van der Waals surface area contributed by atoms with Crippen molar-refractivity contribution >= 4 is 23.9 Å². The summed E-state index contributed by atoms with van der Waals surface area (Å²) in [5.41, 5.74) is 1.61. The zero-order valence-electron chi connectivity index (χ0n) is 16.9. The van der Waals surface area contributed by atoms with E-state index in [1.54, 1.807) is 18.5 Å². The van der Waals surface area contributed by atoms with Gasteiger partial charge in [-0.25, -0.2) is 4.79 Å². The van der Waals surface area contributed by atoms with Crippen molar-refractivity contribution in [3.05, 3.63) is 53.3 Å². The highest BCUT2D eigenvalue weighted by Gasteiger charge is 2.27. The van der Waals surface area contributed by atoms with Gasteiger partial charge in [-0.2, -0.15) is 0 Å². The molecule has 0 radical (unpaired) electrons. The third-order valence-electron chi connectivity index (χ3n) is 4.24. The predicted molar refractivity (Wildman–Crippen MR) is 111 cm³/mol. The van der Waals surface area contributed by atoms with Gasteiger partial charge in [-0.3, -0.25) is 14.5 Å². The van der Waals surface area contributed by atoms with Crippen LogP contribution in [0.25, 0.3) is 0 Å². The summed E-state index contributed by atoms with van der Waals surface area (Å²) in [4.78, 5) is 29.7. The summed E-state index contributed by atoms with van der Waals surface area (Å²) in [5, 5.41) is 2.90. The fourth-order valence-corrected chi connectivity index (χ4v) is 3.54. The minimum atomic E-state index is -0.567. The number of pyridine rings is 1. The highest BCUT2D eigenvalue weighted by Crippen LogP contribution is 2.35. The minimum absolute atomic E-state index is 0.210. The molecular weight excluding hydrogens is 390 g/mol. The van der Waals surface area contributed by atoms with Crippen LogP contribution in [0.4, 0.5) is 4.79 Å². The van der Waals surface area contributed by atoms with Crippen LogP contribution in [0.15, 0.2) is 41.6 Å². The van der Waals surface area contributed by atoms with E-state index in [4.69, 9.17) is 9.47 Å². The molecule has 0 spiro atoms. The van der Waals surface area contributed by atoms with Gasteiger partial charge in [-0.05, 0) is 69.5 Å². The number of carbonyl (C=O) groups excluding carboxylic acids is 2. The minimum Gasteiger partial charge on any atom is -0.493 e. The molecule has 0 saturated heterocycles. The maximum absolute atomic E-state index is 12.6. The monoisotopic (exact) mass is 415 g/mol. The van der Waals surface area contributed by atoms with Crippen LogP contribution in [0.3, 0.4) is 0 Å². The number of ether oxygens (including phenoxy) is 2. The smallest absolute Gasteiger partial charge is 0.408 e. The lowest BCUT2D eigenvalue weighted by Gasteiger charge is -2.29. The maximum atomic E-state index is 12.6. The van der Waals surface area contributed by atoms with Crippen molar-refractivity contribution in [3.8, 4) is 5.75 Å². The number of aryl methyl sites for hydroxylation is 1. The first-order chi connectivity index (χ1) is 13.7. The van der Waals surface area contributed by atoms with Gasteiger partial charge in [0.05, 0.1) is 12.6 Å². The number of amides is 2. The van der Waals surface area contributed by atoms with Crippen molar-refractivity contribution in [1.29, 1.82) is 0 Å². The van der Waals surface area contributed by atoms with Gasteiger partial charge in [0.15, 0.2) is 0 Å². The van der Waals surface area contributed by atoms with Crippen LogP contribution in [0.2, 0.25) is 0 Å². The van der Waals surface area contributed by atoms with Crippen molar-refractivity contribution in [2.24, 2.45) is 0 Å². The molecule has 8 heteroatoms. The number of rotatable bonds is 4. The molecule has 2 N–H and O–H groups in total. The predicted octanol–water partition coefficient (Wildman–Crippen LogP) is 4.18. The van der Waals surface area contributed by atoms with Gasteiger partial charge < -0.3 is 14.8 Å². The van der Waals surface area contributed by atoms with Crippen LogP contribution in [0.1, 0.15) is 54.7 Å². The summed E-state index contributed by atoms with van der Waals surface area (Å²) in [5.74, 6) is 0.389. The van der Waals surface area contributed by atoms with E-state index in [2.05, 4.69) is 15.0 Å². The number of alkyl carbamates (subject to hydrolysis) is 1. The number of fused-ring (bicyclic) bond motifs is 1. The molecule has 1 unspecified atom stereocenters. The summed E-state index contributed by atoms with van der Waals surface area (Å²) >= 11 is 1.23. The van der Waals surface area contributed by atoms with Crippen LogP contribution in [0.5, 0.6) is 5.75 Å². The first-order valence-corrected chi connectivity index (χ1v) is 10.2. The molecule has 1 aliphatic heterocycles. The lowest BCUT2D eigenvalue weighted by Crippen LogP contribution is -2.37. The molecule has 3 rings (SSSR count). The molecule has 1 aliphatic rings. The van der Waals surface area contributed by atoms with E-state index in [9.17, 15) is 9.59 Å². The molecular formula is C21H25N3O4S. The van der Waals surface area contributed by atoms with Gasteiger partial charge in [0.2, 0.25) is 0 Å². The molecule has 154 valence electrons. The lowest BCUT2D eigenvalue weighted by molar-refractivity contribution is 0.0490. The number of nitrogens with zero attached hydrogens (tertiary/aromatic N) is 1. The normalized spacial score (nSPS) is 15.7. The van der Waals surface area contributed by atoms with Crippen molar-refractivity contribution in [3.63, 3.8) is 0 Å². The summed E-state index contributed by atoms with van der Waals surface area (Å²) in [6.07, 6.45) is 3.51. The van der Waals surface area contributed by atoms with Crippen LogP contribution < -0.4 is 14.8 Å². The average Bonchev–Trinajstić information content (AvgIpc) is 2.65. The van der Waals surface area contributed by atoms with Crippen LogP contribution in [0, 0.1) is 6.92 Å². The van der Waals surface area contributed by atoms with Crippen molar-refractivity contribution < 1.29 is 19.1 Å². The molecule has 2 heterocycles. The Balaban J connectivity index is 1.73. The van der Waals surface area contributed by atoms with E-state index in [0.717, 1.165) is 16.0 Å². The number of nitrogens with one attached hydrogen (secondary N) is 2. The second kappa shape index (κ2) is 8.73. The number of aromatic nitrogens is 1. The molecule has 0 fully saturated rings. The van der Waals surface area contributed by atoms with E-state index in [1.165, 1.54) is 11.9 Å². The Morgan fingerprint density at radius 1 is 1.24 bits per heavy atom. The molecule has 1 atom stereocenters. The quantitative estimate of drug-likeness (QED) is 0.729. The molecule has 2 aromatic rings. The summed E-state index contributed by atoms with van der Waals surface area (Å²) in [7, 11) is 0. The van der Waals surface area contributed by atoms with Gasteiger partial charge in [-0.1, -0.05) is 0 Å². The highest BCUT2D eigenvalue weighted by atomic mass is 32.2. The number of carbonyl (C=O) groups is 2. The van der Waals surface area contributed by atoms with Crippen LogP contribution >= 0.6 is 11.9 Å². The van der Waals surface area contributed by atoms with Crippen molar-refractivity contribution in [2.75, 3.05) is 6.61 Å². The van der Waals surface area contributed by atoms with E-state index < -0.39 is 11.7 Å². The molecule has 7 nitrogen and oxygen atoms in total. The van der Waals surface area contributed by atoms with E-state index in [-0.39, 0.29) is 11.9 Å². The molecule has 0 saturated carbocycles. The largest absolute Gasteiger partial charge is 0.493 e. The summed E-state index contributed by atoms with van der Waals surface area (Å²) < 4.78 is 14.0. The molecule has 29 heavy (non-hydrogen) atoms. The molecule has 0 bridgehead atoms. The third kappa shape index (κ3) is 5.63. The number of hydrogen-bond acceptors (Lipinski definition) is 6. The Kier molecular flexibility index (Phi) is 6.32. The Bertz CT molecular complexity index is 897. The average molecular weight is 416 g/mol. The van der Waals surface area contributed by atoms with E-state index >= 15 is 0 Å². The summed E-state index contributed by atoms with van der Waals surface area (Å²) in [6, 6.07) is 7.04. The van der Waals surface area contributed by atoms with Gasteiger partial charge >= 0.3 is 6.09 Å². The lowest BCUT2D eigenvalue weighted by atomic mass is 9.95. The Morgan fingerprint density at radius 3 is 2.66 bits per heavy atom. The highest BCUT2D eigenvalue weighted by molar-refractivity contribution is 7.98. The fraction of sp³-hybridized carbons (Fsp3) is 0.381. The van der Waals surface area contributed by atoms with Crippen LogP contribution in [-0.2, 0) is 4.74 Å². The second-order valence-corrected chi connectivity index (χ2v) is 8.64. The van der Waals surface area contributed by atoms with Crippen molar-refractivity contribution in [2.45, 2.75) is 50.7 Å². The Hall–Kier alpha value is -2.74. The zero-order valence-corrected chi connectivity index (χ0v) is 17.8. The number of benzene rings is 1. The maximum Gasteiger partial charge on any atom is 0.408 e. The van der Waals surface area contributed by atoms with Crippen LogP contribution in [-0.4, -0.2) is 29.2 Å². The Labute approximate surface area is 174 Å². The number of hydrogen-bond donors (Lipinski definition) is 2. The van der Waals surface area contributed by atoms with Crippen molar-refractivity contribution in [1.82, 2.24) is 15.0 Å². The van der Waals surface area contributed by atoms with E-state index in [0.29, 0.717) is 24.3 Å². The Morgan fingerprint density at radius 2 is 1.97 bits per heavy atom. The van der Waals surface area contributed by atoms with Gasteiger partial charge in [0.25, 0.3) is 5.91 Å². The summed E-state index contributed by atoms with van der Waals surface area (Å²) in [6.45, 7) is 7.78. The molecule has 2 amide bonds. The second-order valence-electron chi connectivity index (χ2n) is 7.76. The molecule has 1 aromatic carbocycles. The first-order valence-electron chi connectivity index (χ1n) is 9.37. The van der Waals surface area contributed by atoms with Gasteiger partial charge in [0.1, 0.15) is 11.4 Å². The zero-order chi connectivity index (χ0) is 21.0. The van der Waals surface area contributed by atoms with E-state index in [1.807, 2.05) is 45.9 Å². The third-order valence-corrected chi connectivity index (χ3v) is 5.04. The van der Waals surface area contributed by atoms with Gasteiger partial charge in [0, 0.05) is 34.8 Å². The SMILES string of the molecule is Cc1cc2c(cc1C(=O)NSc1ccncc1)OCCC2NC(=O)OC(C)(C)C. The standard InChI is InChI=1S/C21H25N3O4S/c1-13-11-16-17(23-20(26)28-21(2,3)4)7-10-27-18(16)12-15(13)19(25)24-29-14-5-8-22-9-6-14/h5-6,8-9,11-12,17H,7,10H2,1-4H3,(H,23,26)(H,24,25). The topological polar surface area (TPSA) is 89.5 Å². The molecule has 1 aromatic heterocycles. The molecule has 0 aliphatic carbocycles. The van der Waals surface area contributed by atoms with Gasteiger partial charge in [-0.15, -0.1) is 0 Å². The first kappa shape index (κ1) is 21.0.